The summed E-state index contributed by atoms with van der Waals surface area (Å²) in [7, 11) is 0. The van der Waals surface area contributed by atoms with Gasteiger partial charge in [-0.25, -0.2) is 0 Å². The van der Waals surface area contributed by atoms with Crippen molar-refractivity contribution in [2.45, 2.75) is 72.3 Å². The first-order valence-electron chi connectivity index (χ1n) is 6.73. The fourth-order valence-electron chi connectivity index (χ4n) is 2.38. The third-order valence-corrected chi connectivity index (χ3v) is 3.91. The summed E-state index contributed by atoms with van der Waals surface area (Å²) in [4.78, 5) is 0. The Morgan fingerprint density at radius 2 is 1.65 bits per heavy atom. The number of nitriles is 1. The maximum absolute atomic E-state index is 9.44. The van der Waals surface area contributed by atoms with Gasteiger partial charge in [-0.3, -0.25) is 0 Å². The number of hydrogen-bond acceptors (Lipinski definition) is 2. The smallest absolute Gasteiger partial charge is 0.0690 e. The summed E-state index contributed by atoms with van der Waals surface area (Å²) in [5, 5.41) is 9.44. The van der Waals surface area contributed by atoms with Crippen molar-refractivity contribution in [3.8, 4) is 6.07 Å². The van der Waals surface area contributed by atoms with E-state index >= 15 is 0 Å². The molecule has 1 fully saturated rings. The molecular formula is C15H27NO. The lowest BCUT2D eigenvalue weighted by Gasteiger charge is -2.39. The Kier molecular flexibility index (Phi) is 4.25. The average molecular weight is 237 g/mol. The number of rotatable bonds is 3. The van der Waals surface area contributed by atoms with E-state index in [0.29, 0.717) is 12.0 Å². The van der Waals surface area contributed by atoms with Crippen molar-refractivity contribution in [3.05, 3.63) is 0 Å². The lowest BCUT2D eigenvalue weighted by molar-refractivity contribution is -0.0203. The second-order valence-corrected chi connectivity index (χ2v) is 7.27. The summed E-state index contributed by atoms with van der Waals surface area (Å²) < 4.78 is 5.76. The zero-order valence-corrected chi connectivity index (χ0v) is 12.1. The standard InChI is InChI=1S/C15H27NO/c1-13(2,3)17-11-10-15(12-16)8-6-14(4,5)7-9-15/h6-11H2,1-5H3. The Balaban J connectivity index is 2.47. The second kappa shape index (κ2) is 4.98. The Morgan fingerprint density at radius 1 is 1.12 bits per heavy atom. The minimum absolute atomic E-state index is 0.0927. The van der Waals surface area contributed by atoms with E-state index in [0.717, 1.165) is 32.1 Å². The van der Waals surface area contributed by atoms with Gasteiger partial charge in [0.2, 0.25) is 0 Å². The molecule has 1 saturated carbocycles. The molecule has 1 aliphatic rings. The van der Waals surface area contributed by atoms with E-state index in [-0.39, 0.29) is 11.0 Å². The Hall–Kier alpha value is -0.550. The highest BCUT2D eigenvalue weighted by Crippen LogP contribution is 2.46. The van der Waals surface area contributed by atoms with Crippen LogP contribution in [0.2, 0.25) is 0 Å². The van der Waals surface area contributed by atoms with Crippen LogP contribution >= 0.6 is 0 Å². The minimum atomic E-state index is -0.124. The molecule has 0 aromatic rings. The van der Waals surface area contributed by atoms with E-state index < -0.39 is 0 Å². The molecule has 0 unspecified atom stereocenters. The molecule has 1 rings (SSSR count). The number of hydrogen-bond donors (Lipinski definition) is 0. The molecule has 1 aliphatic carbocycles. The van der Waals surface area contributed by atoms with Crippen molar-refractivity contribution in [1.82, 2.24) is 0 Å². The van der Waals surface area contributed by atoms with Crippen LogP contribution in [-0.2, 0) is 4.74 Å². The topological polar surface area (TPSA) is 33.0 Å². The van der Waals surface area contributed by atoms with Crippen molar-refractivity contribution in [2.75, 3.05) is 6.61 Å². The van der Waals surface area contributed by atoms with E-state index in [4.69, 9.17) is 4.74 Å². The van der Waals surface area contributed by atoms with Gasteiger partial charge in [-0.2, -0.15) is 5.26 Å². The van der Waals surface area contributed by atoms with Gasteiger partial charge in [0.25, 0.3) is 0 Å². The summed E-state index contributed by atoms with van der Waals surface area (Å²) in [6.45, 7) is 11.5. The van der Waals surface area contributed by atoms with E-state index in [1.165, 1.54) is 0 Å². The third-order valence-electron chi connectivity index (χ3n) is 3.91. The van der Waals surface area contributed by atoms with Crippen molar-refractivity contribution >= 4 is 0 Å². The third kappa shape index (κ3) is 4.68. The van der Waals surface area contributed by atoms with E-state index in [1.807, 2.05) is 0 Å². The summed E-state index contributed by atoms with van der Waals surface area (Å²) in [6, 6.07) is 2.56. The summed E-state index contributed by atoms with van der Waals surface area (Å²) in [5.74, 6) is 0. The summed E-state index contributed by atoms with van der Waals surface area (Å²) in [6.07, 6.45) is 5.27. The zero-order chi connectivity index (χ0) is 13.2. The quantitative estimate of drug-likeness (QED) is 0.733. The van der Waals surface area contributed by atoms with Gasteiger partial charge in [-0.15, -0.1) is 0 Å². The van der Waals surface area contributed by atoms with Gasteiger partial charge in [0, 0.05) is 6.61 Å². The van der Waals surface area contributed by atoms with Gasteiger partial charge in [0.15, 0.2) is 0 Å². The van der Waals surface area contributed by atoms with Crippen molar-refractivity contribution in [1.29, 1.82) is 5.26 Å². The first-order valence-corrected chi connectivity index (χ1v) is 6.73. The summed E-state index contributed by atoms with van der Waals surface area (Å²) >= 11 is 0. The maximum atomic E-state index is 9.44. The molecule has 98 valence electrons. The Morgan fingerprint density at radius 3 is 2.06 bits per heavy atom. The van der Waals surface area contributed by atoms with Gasteiger partial charge >= 0.3 is 0 Å². The van der Waals surface area contributed by atoms with Crippen LogP contribution in [0.4, 0.5) is 0 Å². The van der Waals surface area contributed by atoms with Gasteiger partial charge in [-0.1, -0.05) is 13.8 Å². The molecule has 17 heavy (non-hydrogen) atoms. The molecular weight excluding hydrogens is 210 g/mol. The molecule has 0 bridgehead atoms. The van der Waals surface area contributed by atoms with Crippen LogP contribution in [0.5, 0.6) is 0 Å². The molecule has 0 amide bonds. The van der Waals surface area contributed by atoms with E-state index in [1.54, 1.807) is 0 Å². The van der Waals surface area contributed by atoms with Crippen LogP contribution in [0, 0.1) is 22.2 Å². The molecule has 0 heterocycles. The Bertz CT molecular complexity index is 283. The molecule has 0 saturated heterocycles. The molecule has 0 atom stereocenters. The molecule has 2 heteroatoms. The van der Waals surface area contributed by atoms with Crippen LogP contribution in [0.1, 0.15) is 66.7 Å². The van der Waals surface area contributed by atoms with Gasteiger partial charge in [-0.05, 0) is 58.3 Å². The fourth-order valence-corrected chi connectivity index (χ4v) is 2.38. The predicted octanol–water partition coefficient (Wildman–Crippen LogP) is 4.30. The molecule has 0 radical (unpaired) electrons. The molecule has 0 aromatic carbocycles. The van der Waals surface area contributed by atoms with Gasteiger partial charge < -0.3 is 4.74 Å². The van der Waals surface area contributed by atoms with Gasteiger partial charge in [0.1, 0.15) is 0 Å². The molecule has 0 spiro atoms. The lowest BCUT2D eigenvalue weighted by atomic mass is 9.64. The number of nitrogens with zero attached hydrogens (tertiary/aromatic N) is 1. The van der Waals surface area contributed by atoms with Gasteiger partial charge in [0.05, 0.1) is 17.1 Å². The first kappa shape index (κ1) is 14.5. The van der Waals surface area contributed by atoms with Crippen LogP contribution in [-0.4, -0.2) is 12.2 Å². The average Bonchev–Trinajstić information content (AvgIpc) is 2.19. The van der Waals surface area contributed by atoms with Crippen LogP contribution in [0.25, 0.3) is 0 Å². The normalized spacial score (nSPS) is 23.1. The van der Waals surface area contributed by atoms with Crippen LogP contribution < -0.4 is 0 Å². The monoisotopic (exact) mass is 237 g/mol. The Labute approximate surface area is 106 Å². The van der Waals surface area contributed by atoms with Crippen molar-refractivity contribution in [2.24, 2.45) is 10.8 Å². The first-order chi connectivity index (χ1) is 7.68. The zero-order valence-electron chi connectivity index (χ0n) is 12.1. The van der Waals surface area contributed by atoms with Crippen molar-refractivity contribution < 1.29 is 4.74 Å². The second-order valence-electron chi connectivity index (χ2n) is 7.27. The van der Waals surface area contributed by atoms with Crippen LogP contribution in [0.15, 0.2) is 0 Å². The highest BCUT2D eigenvalue weighted by molar-refractivity contribution is 5.02. The van der Waals surface area contributed by atoms with Crippen molar-refractivity contribution in [3.63, 3.8) is 0 Å². The minimum Gasteiger partial charge on any atom is -0.376 e. The predicted molar refractivity (Wildman–Crippen MR) is 70.6 cm³/mol. The molecule has 0 aliphatic heterocycles. The molecule has 0 aromatic heterocycles. The largest absolute Gasteiger partial charge is 0.376 e. The molecule has 2 nitrogen and oxygen atoms in total. The number of ether oxygens (including phenoxy) is 1. The lowest BCUT2D eigenvalue weighted by Crippen LogP contribution is -2.32. The maximum Gasteiger partial charge on any atom is 0.0690 e. The van der Waals surface area contributed by atoms with E-state index in [2.05, 4.69) is 40.7 Å². The fraction of sp³-hybridized carbons (Fsp3) is 0.933. The molecule has 0 N–H and O–H groups in total. The summed E-state index contributed by atoms with van der Waals surface area (Å²) in [5.41, 5.74) is 0.205. The van der Waals surface area contributed by atoms with Crippen LogP contribution in [0.3, 0.4) is 0 Å². The SMILES string of the molecule is CC1(C)CCC(C#N)(CCOC(C)(C)C)CC1. The highest BCUT2D eigenvalue weighted by Gasteiger charge is 2.38. The van der Waals surface area contributed by atoms with E-state index in [9.17, 15) is 5.26 Å². The highest BCUT2D eigenvalue weighted by atomic mass is 16.5.